The second-order valence-electron chi connectivity index (χ2n) is 2.72. The highest BCUT2D eigenvalue weighted by Crippen LogP contribution is 2.11. The molecule has 0 radical (unpaired) electrons. The van der Waals surface area contributed by atoms with E-state index in [0.29, 0.717) is 5.90 Å². The Morgan fingerprint density at radius 1 is 1.60 bits per heavy atom. The molecule has 3 heteroatoms. The van der Waals surface area contributed by atoms with Crippen LogP contribution in [0.1, 0.15) is 20.8 Å². The molecule has 0 aromatic carbocycles. The molecular formula is C7H11NO2. The minimum absolute atomic E-state index is 0.217. The molecule has 3 nitrogen and oxygen atoms in total. The minimum Gasteiger partial charge on any atom is -0.410 e. The van der Waals surface area contributed by atoms with Gasteiger partial charge in [-0.1, -0.05) is 13.8 Å². The Balaban J connectivity index is 2.67. The van der Waals surface area contributed by atoms with E-state index in [1.807, 2.05) is 13.8 Å². The molecular weight excluding hydrogens is 130 g/mol. The van der Waals surface area contributed by atoms with Crippen LogP contribution in [0.15, 0.2) is 4.99 Å². The number of hydrogen-bond donors (Lipinski definition) is 0. The van der Waals surface area contributed by atoms with Crippen molar-refractivity contribution in [3.8, 4) is 0 Å². The zero-order chi connectivity index (χ0) is 7.72. The van der Waals surface area contributed by atoms with E-state index in [4.69, 9.17) is 4.74 Å². The largest absolute Gasteiger partial charge is 0.410 e. The lowest BCUT2D eigenvalue weighted by atomic mass is 10.2. The van der Waals surface area contributed by atoms with Gasteiger partial charge in [-0.25, -0.2) is 9.79 Å². The number of hydrogen-bond acceptors (Lipinski definition) is 3. The van der Waals surface area contributed by atoms with E-state index in [9.17, 15) is 4.79 Å². The third-order valence-corrected chi connectivity index (χ3v) is 1.36. The predicted octanol–water partition coefficient (Wildman–Crippen LogP) is 0.986. The highest BCUT2D eigenvalue weighted by molar-refractivity contribution is 5.97. The van der Waals surface area contributed by atoms with Crippen molar-refractivity contribution in [1.82, 2.24) is 0 Å². The zero-order valence-electron chi connectivity index (χ0n) is 6.42. The number of carbonyl (C=O) groups excluding carboxylic acids is 1. The number of esters is 1. The van der Waals surface area contributed by atoms with Gasteiger partial charge in [0.1, 0.15) is 6.04 Å². The molecule has 0 spiro atoms. The van der Waals surface area contributed by atoms with Crippen molar-refractivity contribution < 1.29 is 9.53 Å². The first kappa shape index (κ1) is 7.25. The summed E-state index contributed by atoms with van der Waals surface area (Å²) in [6.07, 6.45) is 0. The molecule has 1 atom stereocenters. The second-order valence-corrected chi connectivity index (χ2v) is 2.72. The maximum atomic E-state index is 10.8. The van der Waals surface area contributed by atoms with Gasteiger partial charge in [-0.2, -0.15) is 0 Å². The summed E-state index contributed by atoms with van der Waals surface area (Å²) in [5.41, 5.74) is 0. The molecule has 0 aromatic rings. The summed E-state index contributed by atoms with van der Waals surface area (Å²) in [5, 5.41) is 0. The molecule has 0 bridgehead atoms. The Bertz CT molecular complexity index is 184. The van der Waals surface area contributed by atoms with Crippen LogP contribution in [-0.2, 0) is 9.53 Å². The second kappa shape index (κ2) is 2.40. The molecule has 1 aliphatic rings. The number of aliphatic imine (C=N–C) groups is 1. The standard InChI is InChI=1S/C7H11NO2/c1-4(2)6-8-5(3)7(9)10-6/h4-5H,1-3H3. The van der Waals surface area contributed by atoms with Crippen LogP contribution in [0, 0.1) is 5.92 Å². The van der Waals surface area contributed by atoms with E-state index in [1.54, 1.807) is 6.92 Å². The Labute approximate surface area is 60.1 Å². The summed E-state index contributed by atoms with van der Waals surface area (Å²) in [6, 6.07) is -0.294. The summed E-state index contributed by atoms with van der Waals surface area (Å²) in [5.74, 6) is 0.551. The van der Waals surface area contributed by atoms with Crippen molar-refractivity contribution in [2.75, 3.05) is 0 Å². The Hall–Kier alpha value is -0.860. The van der Waals surface area contributed by atoms with Crippen molar-refractivity contribution in [3.63, 3.8) is 0 Å². The summed E-state index contributed by atoms with van der Waals surface area (Å²) in [4.78, 5) is 14.8. The first-order valence-corrected chi connectivity index (χ1v) is 3.40. The molecule has 56 valence electrons. The Morgan fingerprint density at radius 2 is 2.20 bits per heavy atom. The van der Waals surface area contributed by atoms with E-state index in [2.05, 4.69) is 4.99 Å². The van der Waals surface area contributed by atoms with Gasteiger partial charge >= 0.3 is 5.97 Å². The van der Waals surface area contributed by atoms with Crippen LogP contribution < -0.4 is 0 Å². The summed E-state index contributed by atoms with van der Waals surface area (Å²) in [7, 11) is 0. The van der Waals surface area contributed by atoms with Gasteiger partial charge in [0.15, 0.2) is 5.90 Å². The predicted molar refractivity (Wildman–Crippen MR) is 37.8 cm³/mol. The van der Waals surface area contributed by atoms with Crippen LogP contribution in [0.3, 0.4) is 0 Å². The zero-order valence-corrected chi connectivity index (χ0v) is 6.42. The minimum atomic E-state index is -0.294. The maximum absolute atomic E-state index is 10.8. The highest BCUT2D eigenvalue weighted by atomic mass is 16.6. The SMILES string of the molecule is CC(C)C1=NC(C)C(=O)O1. The normalized spacial score (nSPS) is 25.0. The van der Waals surface area contributed by atoms with Crippen molar-refractivity contribution >= 4 is 11.9 Å². The Morgan fingerprint density at radius 3 is 2.40 bits per heavy atom. The van der Waals surface area contributed by atoms with Gasteiger partial charge in [0.05, 0.1) is 0 Å². The van der Waals surface area contributed by atoms with Gasteiger partial charge in [0, 0.05) is 5.92 Å². The van der Waals surface area contributed by atoms with Gasteiger partial charge in [-0.15, -0.1) is 0 Å². The number of ether oxygens (including phenoxy) is 1. The van der Waals surface area contributed by atoms with Gasteiger partial charge in [0.2, 0.25) is 0 Å². The van der Waals surface area contributed by atoms with E-state index < -0.39 is 0 Å². The Kier molecular flexibility index (Phi) is 1.74. The van der Waals surface area contributed by atoms with Crippen LogP contribution in [0.2, 0.25) is 0 Å². The van der Waals surface area contributed by atoms with Crippen LogP contribution >= 0.6 is 0 Å². The molecule has 0 fully saturated rings. The monoisotopic (exact) mass is 141 g/mol. The quantitative estimate of drug-likeness (QED) is 0.511. The van der Waals surface area contributed by atoms with Crippen molar-refractivity contribution in [3.05, 3.63) is 0 Å². The van der Waals surface area contributed by atoms with Gasteiger partial charge in [0.25, 0.3) is 0 Å². The van der Waals surface area contributed by atoms with Crippen molar-refractivity contribution in [1.29, 1.82) is 0 Å². The first-order chi connectivity index (χ1) is 4.61. The van der Waals surface area contributed by atoms with Crippen molar-refractivity contribution in [2.24, 2.45) is 10.9 Å². The third kappa shape index (κ3) is 1.17. The molecule has 0 amide bonds. The van der Waals surface area contributed by atoms with E-state index in [1.165, 1.54) is 0 Å². The molecule has 0 aliphatic carbocycles. The molecule has 1 heterocycles. The first-order valence-electron chi connectivity index (χ1n) is 3.40. The number of cyclic esters (lactones) is 1. The molecule has 1 unspecified atom stereocenters. The molecule has 1 aliphatic heterocycles. The number of carbonyl (C=O) groups is 1. The number of rotatable bonds is 1. The average molecular weight is 141 g/mol. The lowest BCUT2D eigenvalue weighted by Gasteiger charge is -2.00. The average Bonchev–Trinajstić information content (AvgIpc) is 2.13. The third-order valence-electron chi connectivity index (χ3n) is 1.36. The summed E-state index contributed by atoms with van der Waals surface area (Å²) >= 11 is 0. The summed E-state index contributed by atoms with van der Waals surface area (Å²) < 4.78 is 4.85. The molecule has 10 heavy (non-hydrogen) atoms. The highest BCUT2D eigenvalue weighted by Gasteiger charge is 2.25. The van der Waals surface area contributed by atoms with Gasteiger partial charge in [-0.05, 0) is 6.92 Å². The molecule has 0 saturated carbocycles. The fourth-order valence-corrected chi connectivity index (χ4v) is 0.725. The van der Waals surface area contributed by atoms with Crippen LogP contribution in [0.25, 0.3) is 0 Å². The maximum Gasteiger partial charge on any atom is 0.337 e. The fourth-order valence-electron chi connectivity index (χ4n) is 0.725. The topological polar surface area (TPSA) is 38.7 Å². The van der Waals surface area contributed by atoms with E-state index in [-0.39, 0.29) is 17.9 Å². The van der Waals surface area contributed by atoms with Gasteiger partial charge < -0.3 is 4.74 Å². The van der Waals surface area contributed by atoms with Crippen LogP contribution in [0.4, 0.5) is 0 Å². The van der Waals surface area contributed by atoms with E-state index in [0.717, 1.165) is 0 Å². The summed E-state index contributed by atoms with van der Waals surface area (Å²) in [6.45, 7) is 5.63. The lowest BCUT2D eigenvalue weighted by molar-refractivity contribution is -0.134. The molecule has 0 saturated heterocycles. The molecule has 0 N–H and O–H groups in total. The van der Waals surface area contributed by atoms with Crippen LogP contribution in [-0.4, -0.2) is 17.9 Å². The lowest BCUT2D eigenvalue weighted by Crippen LogP contribution is -2.12. The van der Waals surface area contributed by atoms with Crippen molar-refractivity contribution in [2.45, 2.75) is 26.8 Å². The molecule has 0 aromatic heterocycles. The van der Waals surface area contributed by atoms with Crippen LogP contribution in [0.5, 0.6) is 0 Å². The van der Waals surface area contributed by atoms with E-state index >= 15 is 0 Å². The fraction of sp³-hybridized carbons (Fsp3) is 0.714. The number of nitrogens with zero attached hydrogens (tertiary/aromatic N) is 1. The van der Waals surface area contributed by atoms with Gasteiger partial charge in [-0.3, -0.25) is 0 Å². The smallest absolute Gasteiger partial charge is 0.337 e. The molecule has 1 rings (SSSR count).